The Labute approximate surface area is 107 Å². The van der Waals surface area contributed by atoms with E-state index in [1.165, 1.54) is 12.3 Å². The molecule has 0 heterocycles. The number of aliphatic imine (C=N–C) groups is 1. The summed E-state index contributed by atoms with van der Waals surface area (Å²) < 4.78 is 21.7. The highest BCUT2D eigenvalue weighted by atomic mass is 32.2. The van der Waals surface area contributed by atoms with E-state index < -0.39 is 11.1 Å². The van der Waals surface area contributed by atoms with E-state index in [4.69, 9.17) is 0 Å². The first kappa shape index (κ1) is 12.5. The first-order valence-corrected chi connectivity index (χ1v) is 6.26. The van der Waals surface area contributed by atoms with Gasteiger partial charge in [0.1, 0.15) is 5.75 Å². The lowest BCUT2D eigenvalue weighted by Crippen LogP contribution is -1.92. The second kappa shape index (κ2) is 5.57. The number of hydrogen-bond acceptors (Lipinski definition) is 4. The normalized spacial score (nSPS) is 12.7. The monoisotopic (exact) mass is 260 g/mol. The molecular weight excluding hydrogens is 250 g/mol. The van der Waals surface area contributed by atoms with Gasteiger partial charge in [-0.25, -0.2) is 0 Å². The van der Waals surface area contributed by atoms with Gasteiger partial charge >= 0.3 is 0 Å². The molecule has 0 aliphatic rings. The fourth-order valence-corrected chi connectivity index (χ4v) is 1.90. The second-order valence-corrected chi connectivity index (χ2v) is 4.43. The number of phenols is 1. The maximum atomic E-state index is 10.8. The lowest BCUT2D eigenvalue weighted by Gasteiger charge is -2.08. The second-order valence-electron chi connectivity index (χ2n) is 3.52. The quantitative estimate of drug-likeness (QED) is 0.680. The van der Waals surface area contributed by atoms with Crippen LogP contribution in [-0.4, -0.2) is 20.1 Å². The topological polar surface area (TPSA) is 72.7 Å². The van der Waals surface area contributed by atoms with Gasteiger partial charge in [0.15, 0.2) is 0 Å². The molecule has 0 spiro atoms. The van der Waals surface area contributed by atoms with Crippen molar-refractivity contribution in [3.8, 4) is 5.75 Å². The fraction of sp³-hybridized carbons (Fsp3) is 0. The minimum Gasteiger partial charge on any atom is -0.768 e. The smallest absolute Gasteiger partial charge is 0.139 e. The van der Waals surface area contributed by atoms with E-state index in [2.05, 4.69) is 4.99 Å². The molecule has 2 rings (SSSR count). The van der Waals surface area contributed by atoms with Crippen LogP contribution in [0.25, 0.3) is 0 Å². The summed E-state index contributed by atoms with van der Waals surface area (Å²) in [5.74, 6) is -0.287. The minimum absolute atomic E-state index is 0.132. The van der Waals surface area contributed by atoms with Crippen molar-refractivity contribution >= 4 is 23.0 Å². The molecule has 92 valence electrons. The predicted octanol–water partition coefficient (Wildman–Crippen LogP) is 2.38. The number of nitrogens with zero attached hydrogens (tertiary/aromatic N) is 1. The van der Waals surface area contributed by atoms with Crippen LogP contribution in [0.2, 0.25) is 0 Å². The maximum absolute atomic E-state index is 10.8. The number of benzene rings is 2. The molecule has 18 heavy (non-hydrogen) atoms. The van der Waals surface area contributed by atoms with E-state index in [-0.39, 0.29) is 10.6 Å². The van der Waals surface area contributed by atoms with Crippen LogP contribution in [0.15, 0.2) is 58.4 Å². The number of rotatable bonds is 3. The van der Waals surface area contributed by atoms with Gasteiger partial charge in [-0.3, -0.25) is 9.20 Å². The van der Waals surface area contributed by atoms with E-state index in [9.17, 15) is 13.9 Å². The van der Waals surface area contributed by atoms with Crippen molar-refractivity contribution in [2.75, 3.05) is 0 Å². The molecule has 0 fully saturated rings. The van der Waals surface area contributed by atoms with E-state index in [0.29, 0.717) is 5.56 Å². The van der Waals surface area contributed by atoms with Crippen LogP contribution in [0.3, 0.4) is 0 Å². The first-order valence-electron chi connectivity index (χ1n) is 5.19. The molecule has 0 amide bonds. The summed E-state index contributed by atoms with van der Waals surface area (Å²) in [5.41, 5.74) is 1.09. The summed E-state index contributed by atoms with van der Waals surface area (Å²) in [6, 6.07) is 13.7. The van der Waals surface area contributed by atoms with Crippen LogP contribution >= 0.6 is 0 Å². The lowest BCUT2D eigenvalue weighted by atomic mass is 10.2. The highest BCUT2D eigenvalue weighted by molar-refractivity contribution is 7.79. The Morgan fingerprint density at radius 1 is 1.11 bits per heavy atom. The van der Waals surface area contributed by atoms with Crippen molar-refractivity contribution in [3.05, 3.63) is 54.1 Å². The summed E-state index contributed by atoms with van der Waals surface area (Å²) in [4.78, 5) is 4.02. The average Bonchev–Trinajstić information content (AvgIpc) is 2.38. The molecular formula is C13H10NO3S-. The van der Waals surface area contributed by atoms with Crippen LogP contribution in [0.4, 0.5) is 5.69 Å². The highest BCUT2D eigenvalue weighted by Crippen LogP contribution is 2.24. The third kappa shape index (κ3) is 2.82. The van der Waals surface area contributed by atoms with Gasteiger partial charge in [0, 0.05) is 11.8 Å². The van der Waals surface area contributed by atoms with Gasteiger partial charge in [-0.1, -0.05) is 24.3 Å². The van der Waals surface area contributed by atoms with Gasteiger partial charge in [-0.15, -0.1) is 0 Å². The van der Waals surface area contributed by atoms with Gasteiger partial charge in [-0.05, 0) is 35.3 Å². The molecule has 1 N–H and O–H groups in total. The number of hydrogen-bond donors (Lipinski definition) is 1. The zero-order valence-electron chi connectivity index (χ0n) is 9.32. The lowest BCUT2D eigenvalue weighted by molar-refractivity contribution is 0.454. The molecule has 0 saturated heterocycles. The highest BCUT2D eigenvalue weighted by Gasteiger charge is 2.05. The van der Waals surface area contributed by atoms with Gasteiger partial charge in [0.05, 0.1) is 10.6 Å². The van der Waals surface area contributed by atoms with Crippen molar-refractivity contribution in [1.82, 2.24) is 0 Å². The predicted molar refractivity (Wildman–Crippen MR) is 69.0 cm³/mol. The van der Waals surface area contributed by atoms with Crippen molar-refractivity contribution < 1.29 is 13.9 Å². The van der Waals surface area contributed by atoms with Crippen molar-refractivity contribution in [2.45, 2.75) is 4.90 Å². The third-order valence-corrected chi connectivity index (χ3v) is 3.01. The SMILES string of the molecule is O=S([O-])c1cccc(C=Nc2ccccc2)c1O. The van der Waals surface area contributed by atoms with Gasteiger partial charge in [0.2, 0.25) is 0 Å². The Morgan fingerprint density at radius 2 is 1.83 bits per heavy atom. The van der Waals surface area contributed by atoms with E-state index in [1.54, 1.807) is 12.1 Å². The number of para-hydroxylation sites is 2. The molecule has 0 bridgehead atoms. The van der Waals surface area contributed by atoms with Crippen molar-refractivity contribution in [2.24, 2.45) is 4.99 Å². The molecule has 2 aromatic carbocycles. The molecule has 0 aromatic heterocycles. The Hall–Kier alpha value is -1.98. The van der Waals surface area contributed by atoms with Gasteiger partial charge in [-0.2, -0.15) is 0 Å². The van der Waals surface area contributed by atoms with Gasteiger partial charge < -0.3 is 9.66 Å². The average molecular weight is 260 g/mol. The molecule has 1 unspecified atom stereocenters. The summed E-state index contributed by atoms with van der Waals surface area (Å²) in [7, 11) is 0. The Kier molecular flexibility index (Phi) is 3.86. The molecule has 0 radical (unpaired) electrons. The zero-order valence-corrected chi connectivity index (χ0v) is 10.1. The largest absolute Gasteiger partial charge is 0.768 e. The summed E-state index contributed by atoms with van der Waals surface area (Å²) in [6.07, 6.45) is 1.43. The van der Waals surface area contributed by atoms with Crippen LogP contribution in [0, 0.1) is 0 Å². The molecule has 5 heteroatoms. The Bertz CT molecular complexity index is 596. The van der Waals surface area contributed by atoms with Crippen LogP contribution < -0.4 is 0 Å². The maximum Gasteiger partial charge on any atom is 0.139 e. The standard InChI is InChI=1S/C13H11NO3S/c15-13-10(5-4-8-12(13)18(16)17)9-14-11-6-2-1-3-7-11/h1-9,15H,(H,16,17)/p-1. The number of aromatic hydroxyl groups is 1. The zero-order chi connectivity index (χ0) is 13.0. The van der Waals surface area contributed by atoms with Crippen molar-refractivity contribution in [3.63, 3.8) is 0 Å². The van der Waals surface area contributed by atoms with E-state index >= 15 is 0 Å². The Balaban J connectivity index is 2.33. The Morgan fingerprint density at radius 3 is 2.50 bits per heavy atom. The van der Waals surface area contributed by atoms with Crippen LogP contribution in [-0.2, 0) is 11.1 Å². The minimum atomic E-state index is -2.46. The van der Waals surface area contributed by atoms with E-state index in [0.717, 1.165) is 5.69 Å². The molecule has 0 saturated carbocycles. The molecule has 2 aromatic rings. The molecule has 4 nitrogen and oxygen atoms in total. The third-order valence-electron chi connectivity index (χ3n) is 2.32. The summed E-state index contributed by atoms with van der Waals surface area (Å²) in [6.45, 7) is 0. The van der Waals surface area contributed by atoms with Gasteiger partial charge in [0.25, 0.3) is 0 Å². The molecule has 0 aliphatic heterocycles. The number of phenolic OH excluding ortho intramolecular Hbond substituents is 1. The summed E-state index contributed by atoms with van der Waals surface area (Å²) >= 11 is -2.46. The van der Waals surface area contributed by atoms with Crippen LogP contribution in [0.1, 0.15) is 5.56 Å². The van der Waals surface area contributed by atoms with Crippen molar-refractivity contribution in [1.29, 1.82) is 0 Å². The summed E-state index contributed by atoms with van der Waals surface area (Å²) in [5, 5.41) is 9.75. The molecule has 0 aliphatic carbocycles. The fourth-order valence-electron chi connectivity index (χ4n) is 1.44. The first-order chi connectivity index (χ1) is 8.68. The van der Waals surface area contributed by atoms with E-state index in [1.807, 2.05) is 30.3 Å². The molecule has 1 atom stereocenters. The van der Waals surface area contributed by atoms with Crippen LogP contribution in [0.5, 0.6) is 5.75 Å².